The van der Waals surface area contributed by atoms with Gasteiger partial charge in [0.2, 0.25) is 0 Å². The number of hydrogen-bond donors (Lipinski definition) is 1. The molecule has 0 radical (unpaired) electrons. The molecule has 0 amide bonds. The molecule has 1 aromatic rings. The van der Waals surface area contributed by atoms with E-state index in [0.717, 1.165) is 5.56 Å². The maximum atomic E-state index is 12.9. The molecule has 18 heavy (non-hydrogen) atoms. The van der Waals surface area contributed by atoms with E-state index in [1.807, 2.05) is 6.92 Å². The van der Waals surface area contributed by atoms with E-state index < -0.39 is 0 Å². The highest BCUT2D eigenvalue weighted by atomic mass is 35.5. The van der Waals surface area contributed by atoms with Crippen molar-refractivity contribution in [1.82, 2.24) is 5.32 Å². The van der Waals surface area contributed by atoms with E-state index in [-0.39, 0.29) is 18.0 Å². The molecule has 0 bridgehead atoms. The largest absolute Gasteiger partial charge is 0.376 e. The Bertz CT molecular complexity index is 397. The van der Waals surface area contributed by atoms with E-state index in [0.29, 0.717) is 31.4 Å². The number of nitrogens with one attached hydrogen (secondary N) is 1. The van der Waals surface area contributed by atoms with Crippen LogP contribution in [0.25, 0.3) is 0 Å². The van der Waals surface area contributed by atoms with Gasteiger partial charge in [-0.1, -0.05) is 17.7 Å². The highest BCUT2D eigenvalue weighted by Gasteiger charge is 2.16. The van der Waals surface area contributed by atoms with Crippen LogP contribution in [0.1, 0.15) is 18.5 Å². The number of rotatable bonds is 4. The molecule has 100 valence electrons. The van der Waals surface area contributed by atoms with Gasteiger partial charge in [-0.3, -0.25) is 0 Å². The van der Waals surface area contributed by atoms with Gasteiger partial charge in [-0.15, -0.1) is 0 Å². The van der Waals surface area contributed by atoms with Gasteiger partial charge in [0, 0.05) is 17.6 Å². The molecule has 0 aliphatic carbocycles. The van der Waals surface area contributed by atoms with Crippen molar-refractivity contribution < 1.29 is 13.9 Å². The molecule has 1 aliphatic heterocycles. The van der Waals surface area contributed by atoms with Crippen molar-refractivity contribution in [2.24, 2.45) is 0 Å². The third kappa shape index (κ3) is 3.65. The monoisotopic (exact) mass is 273 g/mol. The molecule has 1 fully saturated rings. The molecule has 1 aliphatic rings. The summed E-state index contributed by atoms with van der Waals surface area (Å²) in [6, 6.07) is 4.49. The van der Waals surface area contributed by atoms with Crippen molar-refractivity contribution in [3.05, 3.63) is 34.6 Å². The SMILES string of the molecule is CC(NCC1COCCO1)c1ccc(F)cc1Cl. The third-order valence-electron chi connectivity index (χ3n) is 2.97. The summed E-state index contributed by atoms with van der Waals surface area (Å²) in [7, 11) is 0. The second-order valence-corrected chi connectivity index (χ2v) is 4.77. The van der Waals surface area contributed by atoms with Crippen LogP contribution in [0, 0.1) is 5.82 Å². The van der Waals surface area contributed by atoms with E-state index in [9.17, 15) is 4.39 Å². The smallest absolute Gasteiger partial charge is 0.124 e. The number of ether oxygens (including phenoxy) is 2. The van der Waals surface area contributed by atoms with Gasteiger partial charge in [0.15, 0.2) is 0 Å². The minimum absolute atomic E-state index is 0.0450. The second kappa shape index (κ2) is 6.48. The summed E-state index contributed by atoms with van der Waals surface area (Å²) in [6.45, 7) is 4.59. The molecule has 0 saturated carbocycles. The van der Waals surface area contributed by atoms with Gasteiger partial charge in [-0.05, 0) is 24.6 Å². The van der Waals surface area contributed by atoms with Crippen LogP contribution < -0.4 is 5.32 Å². The Balaban J connectivity index is 1.88. The van der Waals surface area contributed by atoms with Crippen LogP contribution >= 0.6 is 11.6 Å². The summed E-state index contributed by atoms with van der Waals surface area (Å²) < 4.78 is 23.8. The average molecular weight is 274 g/mol. The molecule has 2 atom stereocenters. The lowest BCUT2D eigenvalue weighted by Crippen LogP contribution is -2.38. The minimum atomic E-state index is -0.319. The van der Waals surface area contributed by atoms with Crippen molar-refractivity contribution in [2.75, 3.05) is 26.4 Å². The van der Waals surface area contributed by atoms with E-state index in [1.54, 1.807) is 6.07 Å². The second-order valence-electron chi connectivity index (χ2n) is 4.36. The molecular formula is C13H17ClFNO2. The predicted octanol–water partition coefficient (Wildman–Crippen LogP) is 2.55. The van der Waals surface area contributed by atoms with Crippen LogP contribution in [-0.4, -0.2) is 32.5 Å². The Kier molecular flexibility index (Phi) is 4.95. The topological polar surface area (TPSA) is 30.5 Å². The van der Waals surface area contributed by atoms with Gasteiger partial charge < -0.3 is 14.8 Å². The van der Waals surface area contributed by atoms with Gasteiger partial charge in [0.25, 0.3) is 0 Å². The fraction of sp³-hybridized carbons (Fsp3) is 0.538. The fourth-order valence-corrected chi connectivity index (χ4v) is 2.26. The number of halogens is 2. The molecule has 3 nitrogen and oxygen atoms in total. The molecule has 1 N–H and O–H groups in total. The quantitative estimate of drug-likeness (QED) is 0.915. The van der Waals surface area contributed by atoms with Crippen LogP contribution in [0.3, 0.4) is 0 Å². The van der Waals surface area contributed by atoms with Crippen LogP contribution in [0.4, 0.5) is 4.39 Å². The van der Waals surface area contributed by atoms with Crippen LogP contribution in [0.2, 0.25) is 5.02 Å². The highest BCUT2D eigenvalue weighted by Crippen LogP contribution is 2.23. The maximum Gasteiger partial charge on any atom is 0.124 e. The van der Waals surface area contributed by atoms with E-state index >= 15 is 0 Å². The Morgan fingerprint density at radius 3 is 3.00 bits per heavy atom. The minimum Gasteiger partial charge on any atom is -0.376 e. The summed E-state index contributed by atoms with van der Waals surface area (Å²) in [5.41, 5.74) is 0.884. The summed E-state index contributed by atoms with van der Waals surface area (Å²) >= 11 is 6.01. The molecule has 2 rings (SSSR count). The zero-order valence-electron chi connectivity index (χ0n) is 10.3. The van der Waals surface area contributed by atoms with Crippen LogP contribution in [-0.2, 0) is 9.47 Å². The van der Waals surface area contributed by atoms with Gasteiger partial charge >= 0.3 is 0 Å². The highest BCUT2D eigenvalue weighted by molar-refractivity contribution is 6.31. The maximum absolute atomic E-state index is 12.9. The van der Waals surface area contributed by atoms with Gasteiger partial charge in [-0.25, -0.2) is 4.39 Å². The molecule has 2 unspecified atom stereocenters. The summed E-state index contributed by atoms with van der Waals surface area (Å²) in [4.78, 5) is 0. The van der Waals surface area contributed by atoms with Crippen molar-refractivity contribution in [3.8, 4) is 0 Å². The zero-order valence-corrected chi connectivity index (χ0v) is 11.0. The lowest BCUT2D eigenvalue weighted by molar-refractivity contribution is -0.0869. The third-order valence-corrected chi connectivity index (χ3v) is 3.29. The van der Waals surface area contributed by atoms with Gasteiger partial charge in [-0.2, -0.15) is 0 Å². The normalized spacial score (nSPS) is 21.8. The Hall–Kier alpha value is -0.680. The van der Waals surface area contributed by atoms with Gasteiger partial charge in [0.1, 0.15) is 5.82 Å². The molecule has 0 spiro atoms. The lowest BCUT2D eigenvalue weighted by atomic mass is 10.1. The summed E-state index contributed by atoms with van der Waals surface area (Å²) in [5, 5.41) is 3.76. The van der Waals surface area contributed by atoms with E-state index in [2.05, 4.69) is 5.32 Å². The van der Waals surface area contributed by atoms with Gasteiger partial charge in [0.05, 0.1) is 25.9 Å². The molecule has 0 aromatic heterocycles. The summed E-state index contributed by atoms with van der Waals surface area (Å²) in [6.07, 6.45) is 0.0698. The molecule has 1 aromatic carbocycles. The molecule has 5 heteroatoms. The predicted molar refractivity (Wildman–Crippen MR) is 68.4 cm³/mol. The first-order valence-corrected chi connectivity index (χ1v) is 6.42. The van der Waals surface area contributed by atoms with Crippen LogP contribution in [0.5, 0.6) is 0 Å². The molecular weight excluding hydrogens is 257 g/mol. The summed E-state index contributed by atoms with van der Waals surface area (Å²) in [5.74, 6) is -0.319. The Morgan fingerprint density at radius 1 is 1.50 bits per heavy atom. The first-order chi connectivity index (χ1) is 8.66. The molecule has 1 heterocycles. The van der Waals surface area contributed by atoms with Crippen molar-refractivity contribution >= 4 is 11.6 Å². The standard InChI is InChI=1S/C13H17ClFNO2/c1-9(12-3-2-10(15)6-13(12)14)16-7-11-8-17-4-5-18-11/h2-3,6,9,11,16H,4-5,7-8H2,1H3. The van der Waals surface area contributed by atoms with Crippen LogP contribution in [0.15, 0.2) is 18.2 Å². The Morgan fingerprint density at radius 2 is 2.33 bits per heavy atom. The van der Waals surface area contributed by atoms with E-state index in [4.69, 9.17) is 21.1 Å². The lowest BCUT2D eigenvalue weighted by Gasteiger charge is -2.25. The van der Waals surface area contributed by atoms with Crippen molar-refractivity contribution in [2.45, 2.75) is 19.1 Å². The van der Waals surface area contributed by atoms with Crippen molar-refractivity contribution in [1.29, 1.82) is 0 Å². The Labute approximate surface area is 111 Å². The number of benzene rings is 1. The average Bonchev–Trinajstić information content (AvgIpc) is 2.37. The first kappa shape index (κ1) is 13.7. The fourth-order valence-electron chi connectivity index (χ4n) is 1.93. The van der Waals surface area contributed by atoms with Crippen molar-refractivity contribution in [3.63, 3.8) is 0 Å². The first-order valence-electron chi connectivity index (χ1n) is 6.04. The number of hydrogen-bond acceptors (Lipinski definition) is 3. The molecule has 1 saturated heterocycles. The zero-order chi connectivity index (χ0) is 13.0. The van der Waals surface area contributed by atoms with E-state index in [1.165, 1.54) is 12.1 Å².